The average Bonchev–Trinajstić information content (AvgIpc) is 2.32. The lowest BCUT2D eigenvalue weighted by atomic mass is 10.1. The second-order valence-electron chi connectivity index (χ2n) is 3.62. The third kappa shape index (κ3) is 3.44. The van der Waals surface area contributed by atoms with E-state index in [0.717, 1.165) is 12.2 Å². The maximum atomic E-state index is 5.82. The molecule has 17 heavy (non-hydrogen) atoms. The molecule has 0 aliphatic rings. The van der Waals surface area contributed by atoms with Crippen molar-refractivity contribution >= 4 is 11.6 Å². The van der Waals surface area contributed by atoms with E-state index in [1.54, 1.807) is 18.5 Å². The summed E-state index contributed by atoms with van der Waals surface area (Å²) in [6, 6.07) is 9.54. The molecule has 1 aromatic heterocycles. The number of ether oxygens (including phenoxy) is 1. The summed E-state index contributed by atoms with van der Waals surface area (Å²) in [6.45, 7) is 0.651. The minimum Gasteiger partial charge on any atom is -0.456 e. The molecule has 3 nitrogen and oxygen atoms in total. The van der Waals surface area contributed by atoms with Gasteiger partial charge in [0, 0.05) is 12.3 Å². The number of aromatic nitrogens is 1. The molecule has 2 rings (SSSR count). The first-order chi connectivity index (χ1) is 8.28. The van der Waals surface area contributed by atoms with Gasteiger partial charge in [0.15, 0.2) is 0 Å². The van der Waals surface area contributed by atoms with Gasteiger partial charge in [0.25, 0.3) is 0 Å². The summed E-state index contributed by atoms with van der Waals surface area (Å²) in [6.07, 6.45) is 4.07. The van der Waals surface area contributed by atoms with Gasteiger partial charge < -0.3 is 10.5 Å². The molecular formula is C13H13ClN2O. The maximum absolute atomic E-state index is 5.82. The highest BCUT2D eigenvalue weighted by Crippen LogP contribution is 2.23. The second-order valence-corrected chi connectivity index (χ2v) is 4.06. The second kappa shape index (κ2) is 5.66. The van der Waals surface area contributed by atoms with E-state index in [0.29, 0.717) is 17.3 Å². The van der Waals surface area contributed by atoms with Crippen molar-refractivity contribution in [3.05, 3.63) is 53.3 Å². The molecule has 88 valence electrons. The normalized spacial score (nSPS) is 10.2. The number of hydrogen-bond acceptors (Lipinski definition) is 3. The van der Waals surface area contributed by atoms with Gasteiger partial charge in [-0.15, -0.1) is 0 Å². The highest BCUT2D eigenvalue weighted by Gasteiger charge is 1.99. The van der Waals surface area contributed by atoms with Crippen molar-refractivity contribution in [2.75, 3.05) is 6.54 Å². The summed E-state index contributed by atoms with van der Waals surface area (Å²) in [4.78, 5) is 3.95. The van der Waals surface area contributed by atoms with Crippen LogP contribution in [0.3, 0.4) is 0 Å². The van der Waals surface area contributed by atoms with Crippen molar-refractivity contribution in [3.63, 3.8) is 0 Å². The first-order valence-electron chi connectivity index (χ1n) is 5.35. The first kappa shape index (κ1) is 11.9. The summed E-state index contributed by atoms with van der Waals surface area (Å²) < 4.78 is 5.61. The number of pyridine rings is 1. The molecule has 0 radical (unpaired) electrons. The third-order valence-electron chi connectivity index (χ3n) is 2.27. The largest absolute Gasteiger partial charge is 0.456 e. The molecule has 2 aromatic rings. The lowest BCUT2D eigenvalue weighted by molar-refractivity contribution is 0.480. The average molecular weight is 249 g/mol. The van der Waals surface area contributed by atoms with Gasteiger partial charge in [-0.05, 0) is 30.7 Å². The Kier molecular flexibility index (Phi) is 3.96. The van der Waals surface area contributed by atoms with Crippen LogP contribution in [0.25, 0.3) is 0 Å². The van der Waals surface area contributed by atoms with Crippen LogP contribution in [0, 0.1) is 0 Å². The zero-order chi connectivity index (χ0) is 12.1. The van der Waals surface area contributed by atoms with Crippen molar-refractivity contribution in [3.8, 4) is 11.5 Å². The first-order valence-corrected chi connectivity index (χ1v) is 5.73. The van der Waals surface area contributed by atoms with Gasteiger partial charge in [-0.3, -0.25) is 4.98 Å². The third-order valence-corrected chi connectivity index (χ3v) is 2.48. The predicted molar refractivity (Wildman–Crippen MR) is 68.5 cm³/mol. The zero-order valence-corrected chi connectivity index (χ0v) is 10.0. The molecule has 1 heterocycles. The smallest absolute Gasteiger partial charge is 0.147 e. The molecular weight excluding hydrogens is 236 g/mol. The number of nitrogens with zero attached hydrogens (tertiary/aromatic N) is 1. The van der Waals surface area contributed by atoms with Crippen LogP contribution in [-0.2, 0) is 6.42 Å². The minimum absolute atomic E-state index is 0.558. The Balaban J connectivity index is 2.08. The van der Waals surface area contributed by atoms with Crippen LogP contribution >= 0.6 is 11.6 Å². The van der Waals surface area contributed by atoms with Crippen molar-refractivity contribution in [1.82, 2.24) is 4.98 Å². The molecule has 1 aromatic carbocycles. The quantitative estimate of drug-likeness (QED) is 0.905. The van der Waals surface area contributed by atoms with Crippen molar-refractivity contribution in [1.29, 1.82) is 0 Å². The Morgan fingerprint density at radius 2 is 1.88 bits per heavy atom. The van der Waals surface area contributed by atoms with Crippen molar-refractivity contribution in [2.45, 2.75) is 6.42 Å². The Hall–Kier alpha value is -1.58. The Bertz CT molecular complexity index is 485. The molecule has 0 aliphatic heterocycles. The van der Waals surface area contributed by atoms with E-state index in [2.05, 4.69) is 4.98 Å². The predicted octanol–water partition coefficient (Wildman–Crippen LogP) is 3.03. The number of nitrogens with two attached hydrogens (primary N) is 1. The molecule has 0 bridgehead atoms. The van der Waals surface area contributed by atoms with Gasteiger partial charge in [-0.25, -0.2) is 0 Å². The lowest BCUT2D eigenvalue weighted by Gasteiger charge is -2.06. The molecule has 2 N–H and O–H groups in total. The summed E-state index contributed by atoms with van der Waals surface area (Å²) in [5.74, 6) is 1.39. The molecule has 0 fully saturated rings. The van der Waals surface area contributed by atoms with Crippen LogP contribution in [0.4, 0.5) is 0 Å². The summed E-state index contributed by atoms with van der Waals surface area (Å²) in [5, 5.41) is 0.558. The van der Waals surface area contributed by atoms with Gasteiger partial charge in [-0.2, -0.15) is 0 Å². The Morgan fingerprint density at radius 1 is 1.12 bits per heavy atom. The number of hydrogen-bond donors (Lipinski definition) is 1. The summed E-state index contributed by atoms with van der Waals surface area (Å²) >= 11 is 5.82. The summed E-state index contributed by atoms with van der Waals surface area (Å²) in [5.41, 5.74) is 6.68. The van der Waals surface area contributed by atoms with Crippen LogP contribution in [0.1, 0.15) is 5.56 Å². The number of halogens is 1. The molecule has 0 amide bonds. The van der Waals surface area contributed by atoms with E-state index in [9.17, 15) is 0 Å². The molecule has 0 saturated carbocycles. The van der Waals surface area contributed by atoms with E-state index in [1.165, 1.54) is 5.56 Å². The van der Waals surface area contributed by atoms with Crippen LogP contribution in [0.15, 0.2) is 42.7 Å². The SMILES string of the molecule is NCCc1ccc(Oc2cncc(Cl)c2)cc1. The fourth-order valence-corrected chi connectivity index (χ4v) is 1.64. The fraction of sp³-hybridized carbons (Fsp3) is 0.154. The van der Waals surface area contributed by atoms with Crippen LogP contribution < -0.4 is 10.5 Å². The van der Waals surface area contributed by atoms with Gasteiger partial charge in [0.1, 0.15) is 11.5 Å². The zero-order valence-electron chi connectivity index (χ0n) is 9.27. The molecule has 0 atom stereocenters. The van der Waals surface area contributed by atoms with E-state index < -0.39 is 0 Å². The standard InChI is InChI=1S/C13H13ClN2O/c14-11-7-13(9-16-8-11)17-12-3-1-10(2-4-12)5-6-15/h1-4,7-9H,5-6,15H2. The fourth-order valence-electron chi connectivity index (χ4n) is 1.48. The van der Waals surface area contributed by atoms with E-state index >= 15 is 0 Å². The highest BCUT2D eigenvalue weighted by atomic mass is 35.5. The van der Waals surface area contributed by atoms with Gasteiger partial charge >= 0.3 is 0 Å². The van der Waals surface area contributed by atoms with E-state index in [1.807, 2.05) is 24.3 Å². The lowest BCUT2D eigenvalue weighted by Crippen LogP contribution is -2.02. The molecule has 0 saturated heterocycles. The van der Waals surface area contributed by atoms with Gasteiger partial charge in [0.05, 0.1) is 11.2 Å². The van der Waals surface area contributed by atoms with Crippen LogP contribution in [0.5, 0.6) is 11.5 Å². The molecule has 0 unspecified atom stereocenters. The number of rotatable bonds is 4. The number of benzene rings is 1. The van der Waals surface area contributed by atoms with Crippen molar-refractivity contribution < 1.29 is 4.74 Å². The molecule has 0 aliphatic carbocycles. The van der Waals surface area contributed by atoms with Gasteiger partial charge in [0.2, 0.25) is 0 Å². The maximum Gasteiger partial charge on any atom is 0.147 e. The minimum atomic E-state index is 0.558. The highest BCUT2D eigenvalue weighted by molar-refractivity contribution is 6.30. The molecule has 0 spiro atoms. The summed E-state index contributed by atoms with van der Waals surface area (Å²) in [7, 11) is 0. The van der Waals surface area contributed by atoms with Crippen LogP contribution in [0.2, 0.25) is 5.02 Å². The monoisotopic (exact) mass is 248 g/mol. The van der Waals surface area contributed by atoms with Gasteiger partial charge in [-0.1, -0.05) is 23.7 Å². The van der Waals surface area contributed by atoms with E-state index in [4.69, 9.17) is 22.1 Å². The molecule has 4 heteroatoms. The van der Waals surface area contributed by atoms with Crippen molar-refractivity contribution in [2.24, 2.45) is 5.73 Å². The van der Waals surface area contributed by atoms with Crippen LogP contribution in [-0.4, -0.2) is 11.5 Å². The van der Waals surface area contributed by atoms with E-state index in [-0.39, 0.29) is 0 Å². The topological polar surface area (TPSA) is 48.1 Å². The Morgan fingerprint density at radius 3 is 2.53 bits per heavy atom. The Labute approximate surface area is 105 Å².